The summed E-state index contributed by atoms with van der Waals surface area (Å²) in [6.45, 7) is 0.115. The van der Waals surface area contributed by atoms with E-state index in [4.69, 9.17) is 0 Å². The van der Waals surface area contributed by atoms with Crippen LogP contribution in [0.1, 0.15) is 17.5 Å². The van der Waals surface area contributed by atoms with Gasteiger partial charge in [-0.3, -0.25) is 19.1 Å². The lowest BCUT2D eigenvalue weighted by atomic mass is 10.0. The topological polar surface area (TPSA) is 96.3 Å². The predicted molar refractivity (Wildman–Crippen MR) is 120 cm³/mol. The van der Waals surface area contributed by atoms with Gasteiger partial charge in [-0.2, -0.15) is 5.10 Å². The standard InChI is InChI=1S/C24H20N4O3/c29-21(15-16-28-20-14-8-7-13-19(20)23(30)25-24(28)31)26-27-22(17-9-3-1-4-10-17)18-11-5-2-6-12-18/h1-14H,15-16H2,(H,26,29)(H,25,30,31). The molecule has 7 heteroatoms. The van der Waals surface area contributed by atoms with Gasteiger partial charge in [-0.25, -0.2) is 10.2 Å². The molecule has 0 saturated carbocycles. The van der Waals surface area contributed by atoms with Gasteiger partial charge in [0.1, 0.15) is 0 Å². The lowest BCUT2D eigenvalue weighted by Gasteiger charge is -2.10. The monoisotopic (exact) mass is 412 g/mol. The zero-order valence-electron chi connectivity index (χ0n) is 16.6. The minimum Gasteiger partial charge on any atom is -0.293 e. The molecule has 0 bridgehead atoms. The van der Waals surface area contributed by atoms with Crippen LogP contribution in [0.4, 0.5) is 0 Å². The highest BCUT2D eigenvalue weighted by Crippen LogP contribution is 2.11. The summed E-state index contributed by atoms with van der Waals surface area (Å²) < 4.78 is 1.38. The number of nitrogens with one attached hydrogen (secondary N) is 2. The maximum absolute atomic E-state index is 12.5. The Balaban J connectivity index is 1.55. The Bertz CT molecular complexity index is 1310. The number of hydrogen-bond donors (Lipinski definition) is 2. The highest BCUT2D eigenvalue weighted by molar-refractivity contribution is 6.13. The molecule has 3 aromatic carbocycles. The first-order valence-electron chi connectivity index (χ1n) is 9.83. The fourth-order valence-corrected chi connectivity index (χ4v) is 3.34. The minimum atomic E-state index is -0.547. The summed E-state index contributed by atoms with van der Waals surface area (Å²) in [5.41, 5.74) is 4.47. The third-order valence-electron chi connectivity index (χ3n) is 4.85. The molecule has 154 valence electrons. The minimum absolute atomic E-state index is 0.0241. The number of hydrogen-bond acceptors (Lipinski definition) is 4. The molecule has 0 radical (unpaired) electrons. The average molecular weight is 412 g/mol. The van der Waals surface area contributed by atoms with Crippen LogP contribution in [0, 0.1) is 0 Å². The number of aromatic amines is 1. The van der Waals surface area contributed by atoms with Crippen molar-refractivity contribution in [3.8, 4) is 0 Å². The first kappa shape index (κ1) is 20.0. The van der Waals surface area contributed by atoms with Crippen molar-refractivity contribution in [2.75, 3.05) is 0 Å². The van der Waals surface area contributed by atoms with Crippen LogP contribution in [-0.4, -0.2) is 21.2 Å². The number of benzene rings is 3. The Morgan fingerprint density at radius 1 is 0.839 bits per heavy atom. The molecule has 0 saturated heterocycles. The SMILES string of the molecule is O=C(CCn1c(=O)[nH]c(=O)c2ccccc21)NN=C(c1ccccc1)c1ccccc1. The number of aryl methyl sites for hydroxylation is 1. The third-order valence-corrected chi connectivity index (χ3v) is 4.85. The summed E-state index contributed by atoms with van der Waals surface area (Å²) in [5.74, 6) is -0.341. The Labute approximate surface area is 177 Å². The van der Waals surface area contributed by atoms with Crippen LogP contribution in [0.5, 0.6) is 0 Å². The van der Waals surface area contributed by atoms with Crippen LogP contribution in [-0.2, 0) is 11.3 Å². The zero-order valence-corrected chi connectivity index (χ0v) is 16.6. The summed E-state index contributed by atoms with van der Waals surface area (Å²) >= 11 is 0. The highest BCUT2D eigenvalue weighted by Gasteiger charge is 2.10. The molecule has 2 N–H and O–H groups in total. The Morgan fingerprint density at radius 3 is 2.06 bits per heavy atom. The lowest BCUT2D eigenvalue weighted by Crippen LogP contribution is -2.32. The van der Waals surface area contributed by atoms with Crippen molar-refractivity contribution >= 4 is 22.5 Å². The quantitative estimate of drug-likeness (QED) is 0.376. The molecule has 0 aliphatic rings. The molecular formula is C24H20N4O3. The lowest BCUT2D eigenvalue weighted by molar-refractivity contribution is -0.121. The van der Waals surface area contributed by atoms with Gasteiger partial charge in [0.05, 0.1) is 16.6 Å². The van der Waals surface area contributed by atoms with E-state index >= 15 is 0 Å². The number of carbonyl (C=O) groups is 1. The average Bonchev–Trinajstić information content (AvgIpc) is 2.80. The van der Waals surface area contributed by atoms with Crippen LogP contribution in [0.15, 0.2) is 99.6 Å². The van der Waals surface area contributed by atoms with Crippen molar-refractivity contribution in [1.82, 2.24) is 15.0 Å². The van der Waals surface area contributed by atoms with Gasteiger partial charge in [-0.15, -0.1) is 0 Å². The van der Waals surface area contributed by atoms with Gasteiger partial charge in [-0.05, 0) is 12.1 Å². The number of hydrazone groups is 1. The van der Waals surface area contributed by atoms with Gasteiger partial charge in [0.25, 0.3) is 5.56 Å². The fourth-order valence-electron chi connectivity index (χ4n) is 3.34. The van der Waals surface area contributed by atoms with E-state index in [0.717, 1.165) is 11.1 Å². The molecule has 31 heavy (non-hydrogen) atoms. The van der Waals surface area contributed by atoms with Crippen molar-refractivity contribution < 1.29 is 4.79 Å². The van der Waals surface area contributed by atoms with Gasteiger partial charge < -0.3 is 0 Å². The molecule has 1 heterocycles. The second-order valence-electron chi connectivity index (χ2n) is 6.91. The maximum Gasteiger partial charge on any atom is 0.328 e. The molecular weight excluding hydrogens is 392 g/mol. The van der Waals surface area contributed by atoms with Gasteiger partial charge in [0, 0.05) is 24.1 Å². The van der Waals surface area contributed by atoms with Gasteiger partial charge in [0.15, 0.2) is 0 Å². The zero-order chi connectivity index (χ0) is 21.6. The van der Waals surface area contributed by atoms with Gasteiger partial charge in [-0.1, -0.05) is 72.8 Å². The fraction of sp³-hybridized carbons (Fsp3) is 0.0833. The van der Waals surface area contributed by atoms with E-state index in [2.05, 4.69) is 15.5 Å². The third kappa shape index (κ3) is 4.51. The smallest absolute Gasteiger partial charge is 0.293 e. The number of carbonyl (C=O) groups excluding carboxylic acids is 1. The molecule has 0 aliphatic heterocycles. The van der Waals surface area contributed by atoms with Crippen molar-refractivity contribution in [3.05, 3.63) is 117 Å². The van der Waals surface area contributed by atoms with Crippen LogP contribution < -0.4 is 16.7 Å². The van der Waals surface area contributed by atoms with E-state index in [-0.39, 0.29) is 18.9 Å². The molecule has 1 amide bonds. The van der Waals surface area contributed by atoms with Crippen LogP contribution >= 0.6 is 0 Å². The van der Waals surface area contributed by atoms with Crippen LogP contribution in [0.25, 0.3) is 10.9 Å². The second kappa shape index (κ2) is 9.04. The molecule has 1 aromatic heterocycles. The van der Waals surface area contributed by atoms with E-state index in [1.165, 1.54) is 4.57 Å². The van der Waals surface area contributed by atoms with Gasteiger partial charge >= 0.3 is 5.69 Å². The van der Waals surface area contributed by atoms with Crippen molar-refractivity contribution in [1.29, 1.82) is 0 Å². The molecule has 0 spiro atoms. The predicted octanol–water partition coefficient (Wildman–Crippen LogP) is 2.65. The van der Waals surface area contributed by atoms with Crippen molar-refractivity contribution in [3.63, 3.8) is 0 Å². The molecule has 0 atom stereocenters. The normalized spacial score (nSPS) is 10.6. The summed E-state index contributed by atoms with van der Waals surface area (Å²) in [6.07, 6.45) is 0.0241. The van der Waals surface area contributed by atoms with E-state index < -0.39 is 11.2 Å². The van der Waals surface area contributed by atoms with Crippen LogP contribution in [0.2, 0.25) is 0 Å². The molecule has 0 unspecified atom stereocenters. The molecule has 0 aliphatic carbocycles. The van der Waals surface area contributed by atoms with Crippen LogP contribution in [0.3, 0.4) is 0 Å². The highest BCUT2D eigenvalue weighted by atomic mass is 16.2. The summed E-state index contributed by atoms with van der Waals surface area (Å²) in [4.78, 5) is 39.0. The number of amides is 1. The first-order valence-corrected chi connectivity index (χ1v) is 9.83. The summed E-state index contributed by atoms with van der Waals surface area (Å²) in [7, 11) is 0. The first-order chi connectivity index (χ1) is 15.1. The number of aromatic nitrogens is 2. The number of para-hydroxylation sites is 1. The van der Waals surface area contributed by atoms with Crippen molar-refractivity contribution in [2.24, 2.45) is 5.10 Å². The van der Waals surface area contributed by atoms with E-state index in [1.54, 1.807) is 24.3 Å². The van der Waals surface area contributed by atoms with Crippen molar-refractivity contribution in [2.45, 2.75) is 13.0 Å². The maximum atomic E-state index is 12.5. The molecule has 4 aromatic rings. The van der Waals surface area contributed by atoms with E-state index in [9.17, 15) is 14.4 Å². The number of H-pyrrole nitrogens is 1. The Morgan fingerprint density at radius 2 is 1.42 bits per heavy atom. The Hall–Kier alpha value is -4.26. The molecule has 0 fully saturated rings. The summed E-state index contributed by atoms with van der Waals surface area (Å²) in [5, 5.41) is 4.75. The van der Waals surface area contributed by atoms with Gasteiger partial charge in [0.2, 0.25) is 5.91 Å². The number of nitrogens with zero attached hydrogens (tertiary/aromatic N) is 2. The summed E-state index contributed by atoms with van der Waals surface area (Å²) in [6, 6.07) is 25.9. The number of rotatable bonds is 6. The Kier molecular flexibility index (Phi) is 5.84. The molecule has 7 nitrogen and oxygen atoms in total. The van der Waals surface area contributed by atoms with E-state index in [0.29, 0.717) is 16.6 Å². The second-order valence-corrected chi connectivity index (χ2v) is 6.91. The largest absolute Gasteiger partial charge is 0.328 e. The molecule has 4 rings (SSSR count). The van der Waals surface area contributed by atoms with E-state index in [1.807, 2.05) is 60.7 Å². The number of fused-ring (bicyclic) bond motifs is 1.